The number of nitrogens with zero attached hydrogens (tertiary/aromatic N) is 1. The molecule has 1 fully saturated rings. The van der Waals surface area contributed by atoms with E-state index in [1.807, 2.05) is 48.8 Å². The maximum atomic E-state index is 6.07. The molecule has 0 bridgehead atoms. The van der Waals surface area contributed by atoms with Gasteiger partial charge in [0.15, 0.2) is 0 Å². The molecule has 0 radical (unpaired) electrons. The van der Waals surface area contributed by atoms with Crippen molar-refractivity contribution < 1.29 is 4.74 Å². The molecule has 2 aromatic rings. The van der Waals surface area contributed by atoms with E-state index in [4.69, 9.17) is 4.74 Å². The Morgan fingerprint density at radius 1 is 1.15 bits per heavy atom. The van der Waals surface area contributed by atoms with Gasteiger partial charge in [0.1, 0.15) is 11.9 Å². The maximum absolute atomic E-state index is 6.07. The van der Waals surface area contributed by atoms with Crippen molar-refractivity contribution in [3.63, 3.8) is 0 Å². The number of piperidine rings is 1. The summed E-state index contributed by atoms with van der Waals surface area (Å²) in [5.41, 5.74) is 1.28. The first-order valence-electron chi connectivity index (χ1n) is 7.24. The molecular formula is C17H20N2O. The van der Waals surface area contributed by atoms with Crippen LogP contribution in [0.4, 0.5) is 0 Å². The highest BCUT2D eigenvalue weighted by Crippen LogP contribution is 2.19. The summed E-state index contributed by atoms with van der Waals surface area (Å²) < 4.78 is 6.07. The third kappa shape index (κ3) is 3.58. The van der Waals surface area contributed by atoms with Crippen LogP contribution in [0, 0.1) is 0 Å². The van der Waals surface area contributed by atoms with E-state index in [9.17, 15) is 0 Å². The Morgan fingerprint density at radius 3 is 2.85 bits per heavy atom. The highest BCUT2D eigenvalue weighted by Gasteiger charge is 2.22. The number of benzene rings is 1. The molecule has 0 aliphatic carbocycles. The van der Waals surface area contributed by atoms with Gasteiger partial charge in [-0.1, -0.05) is 24.3 Å². The number of rotatable bonds is 4. The molecule has 1 aliphatic rings. The number of ether oxygens (including phenoxy) is 1. The molecule has 3 nitrogen and oxygen atoms in total. The van der Waals surface area contributed by atoms with Gasteiger partial charge in [-0.15, -0.1) is 0 Å². The average molecular weight is 268 g/mol. The number of para-hydroxylation sites is 1. The quantitative estimate of drug-likeness (QED) is 0.926. The molecule has 1 aromatic heterocycles. The van der Waals surface area contributed by atoms with Crippen LogP contribution in [0.2, 0.25) is 0 Å². The number of pyridine rings is 1. The van der Waals surface area contributed by atoms with Gasteiger partial charge in [0.2, 0.25) is 0 Å². The Labute approximate surface area is 120 Å². The summed E-state index contributed by atoms with van der Waals surface area (Å²) in [6.45, 7) is 1.02. The van der Waals surface area contributed by atoms with Crippen molar-refractivity contribution in [2.24, 2.45) is 0 Å². The lowest BCUT2D eigenvalue weighted by Gasteiger charge is -2.30. The number of hydrogen-bond donors (Lipinski definition) is 1. The molecule has 0 amide bonds. The number of nitrogens with one attached hydrogen (secondary N) is 1. The minimum atomic E-state index is 0.306. The summed E-state index contributed by atoms with van der Waals surface area (Å²) in [7, 11) is 0. The van der Waals surface area contributed by atoms with E-state index < -0.39 is 0 Å². The summed E-state index contributed by atoms with van der Waals surface area (Å²) in [5.74, 6) is 0.972. The van der Waals surface area contributed by atoms with E-state index >= 15 is 0 Å². The molecule has 0 saturated carbocycles. The fraction of sp³-hybridized carbons (Fsp3) is 0.353. The standard InChI is InChI=1S/C17H20N2O/c1-2-6-16(7-3-1)20-17-8-10-19-15(12-17)11-14-5-4-9-18-13-14/h1-7,9,13,15,17,19H,8,10-12H2. The van der Waals surface area contributed by atoms with Crippen LogP contribution in [0.3, 0.4) is 0 Å². The normalized spacial score (nSPS) is 22.4. The predicted octanol–water partition coefficient (Wildman–Crippen LogP) is 2.82. The van der Waals surface area contributed by atoms with Crippen LogP contribution < -0.4 is 10.1 Å². The summed E-state index contributed by atoms with van der Waals surface area (Å²) in [5, 5.41) is 3.58. The van der Waals surface area contributed by atoms with E-state index in [1.165, 1.54) is 5.56 Å². The van der Waals surface area contributed by atoms with Crippen LogP contribution in [0.25, 0.3) is 0 Å². The van der Waals surface area contributed by atoms with Crippen LogP contribution in [-0.4, -0.2) is 23.7 Å². The zero-order valence-corrected chi connectivity index (χ0v) is 11.5. The van der Waals surface area contributed by atoms with Gasteiger partial charge in [-0.05, 0) is 49.6 Å². The van der Waals surface area contributed by atoms with Gasteiger partial charge in [0.25, 0.3) is 0 Å². The van der Waals surface area contributed by atoms with Crippen molar-refractivity contribution in [3.8, 4) is 5.75 Å². The molecule has 1 aromatic carbocycles. The smallest absolute Gasteiger partial charge is 0.119 e. The Bertz CT molecular complexity index is 468. The van der Waals surface area contributed by atoms with Gasteiger partial charge >= 0.3 is 0 Å². The monoisotopic (exact) mass is 268 g/mol. The average Bonchev–Trinajstić information content (AvgIpc) is 2.50. The van der Waals surface area contributed by atoms with Gasteiger partial charge < -0.3 is 10.1 Å². The van der Waals surface area contributed by atoms with Crippen molar-refractivity contribution >= 4 is 0 Å². The molecule has 20 heavy (non-hydrogen) atoms. The summed E-state index contributed by atoms with van der Waals surface area (Å²) in [4.78, 5) is 4.18. The second-order valence-electron chi connectivity index (χ2n) is 5.29. The zero-order chi connectivity index (χ0) is 13.6. The SMILES string of the molecule is c1ccc(OC2CCNC(Cc3cccnc3)C2)cc1. The Hall–Kier alpha value is -1.87. The topological polar surface area (TPSA) is 34.1 Å². The summed E-state index contributed by atoms with van der Waals surface area (Å²) in [6, 6.07) is 14.7. The fourth-order valence-corrected chi connectivity index (χ4v) is 2.72. The van der Waals surface area contributed by atoms with E-state index in [2.05, 4.69) is 16.4 Å². The first-order valence-corrected chi connectivity index (χ1v) is 7.24. The zero-order valence-electron chi connectivity index (χ0n) is 11.5. The molecule has 1 saturated heterocycles. The second kappa shape index (κ2) is 6.53. The molecule has 3 rings (SSSR count). The van der Waals surface area contributed by atoms with Crippen molar-refractivity contribution in [1.82, 2.24) is 10.3 Å². The predicted molar refractivity (Wildman–Crippen MR) is 79.8 cm³/mol. The van der Waals surface area contributed by atoms with Gasteiger partial charge in [-0.3, -0.25) is 4.98 Å². The Morgan fingerprint density at radius 2 is 2.05 bits per heavy atom. The number of hydrogen-bond acceptors (Lipinski definition) is 3. The van der Waals surface area contributed by atoms with Crippen molar-refractivity contribution in [1.29, 1.82) is 0 Å². The minimum absolute atomic E-state index is 0.306. The molecule has 1 aliphatic heterocycles. The molecule has 104 valence electrons. The molecule has 2 heterocycles. The maximum Gasteiger partial charge on any atom is 0.119 e. The molecule has 2 unspecified atom stereocenters. The third-order valence-electron chi connectivity index (χ3n) is 3.70. The largest absolute Gasteiger partial charge is 0.490 e. The van der Waals surface area contributed by atoms with E-state index in [0.717, 1.165) is 31.6 Å². The van der Waals surface area contributed by atoms with Crippen molar-refractivity contribution in [2.75, 3.05) is 6.54 Å². The van der Waals surface area contributed by atoms with Crippen LogP contribution in [0.15, 0.2) is 54.9 Å². The van der Waals surface area contributed by atoms with Crippen LogP contribution >= 0.6 is 0 Å². The number of aromatic nitrogens is 1. The van der Waals surface area contributed by atoms with E-state index in [1.54, 1.807) is 0 Å². The molecule has 2 atom stereocenters. The lowest BCUT2D eigenvalue weighted by atomic mass is 9.96. The highest BCUT2D eigenvalue weighted by molar-refractivity contribution is 5.21. The van der Waals surface area contributed by atoms with Gasteiger partial charge in [-0.25, -0.2) is 0 Å². The van der Waals surface area contributed by atoms with Crippen LogP contribution in [0.1, 0.15) is 18.4 Å². The first kappa shape index (κ1) is 13.1. The summed E-state index contributed by atoms with van der Waals surface area (Å²) >= 11 is 0. The first-order chi connectivity index (χ1) is 9.90. The summed E-state index contributed by atoms with van der Waals surface area (Å²) in [6.07, 6.45) is 7.20. The van der Waals surface area contributed by atoms with Crippen LogP contribution in [-0.2, 0) is 6.42 Å². The lowest BCUT2D eigenvalue weighted by Crippen LogP contribution is -2.43. The second-order valence-corrected chi connectivity index (χ2v) is 5.29. The molecular weight excluding hydrogens is 248 g/mol. The van der Waals surface area contributed by atoms with Crippen molar-refractivity contribution in [2.45, 2.75) is 31.4 Å². The highest BCUT2D eigenvalue weighted by atomic mass is 16.5. The lowest BCUT2D eigenvalue weighted by molar-refractivity contribution is 0.139. The minimum Gasteiger partial charge on any atom is -0.490 e. The van der Waals surface area contributed by atoms with Gasteiger partial charge in [0.05, 0.1) is 0 Å². The Kier molecular flexibility index (Phi) is 4.28. The van der Waals surface area contributed by atoms with Crippen molar-refractivity contribution in [3.05, 3.63) is 60.4 Å². The van der Waals surface area contributed by atoms with E-state index in [0.29, 0.717) is 12.1 Å². The van der Waals surface area contributed by atoms with Gasteiger partial charge in [0, 0.05) is 18.4 Å². The molecule has 0 spiro atoms. The fourth-order valence-electron chi connectivity index (χ4n) is 2.72. The van der Waals surface area contributed by atoms with Crippen LogP contribution in [0.5, 0.6) is 5.75 Å². The Balaban J connectivity index is 1.57. The molecule has 1 N–H and O–H groups in total. The van der Waals surface area contributed by atoms with Gasteiger partial charge in [-0.2, -0.15) is 0 Å². The molecule has 3 heteroatoms. The third-order valence-corrected chi connectivity index (χ3v) is 3.70. The van der Waals surface area contributed by atoms with E-state index in [-0.39, 0.29) is 0 Å².